The van der Waals surface area contributed by atoms with Crippen LogP contribution >= 0.6 is 15.9 Å². The molecule has 0 bridgehead atoms. The molecule has 4 rings (SSSR count). The number of nitrogens with one attached hydrogen (secondary N) is 2. The number of nitrogens with zero attached hydrogens (tertiary/aromatic N) is 2. The molecule has 1 unspecified atom stereocenters. The van der Waals surface area contributed by atoms with Gasteiger partial charge in [-0.25, -0.2) is 19.0 Å². The molecular formula is C20H16BrFN4O3. The van der Waals surface area contributed by atoms with Crippen LogP contribution in [0.25, 0.3) is 0 Å². The van der Waals surface area contributed by atoms with E-state index in [9.17, 15) is 19.1 Å². The second-order valence-corrected chi connectivity index (χ2v) is 7.47. The first-order valence-corrected chi connectivity index (χ1v) is 9.62. The number of benzene rings is 2. The van der Waals surface area contributed by atoms with Crippen LogP contribution in [-0.4, -0.2) is 38.5 Å². The minimum Gasteiger partial charge on any atom is -0.478 e. The zero-order valence-electron chi connectivity index (χ0n) is 15.0. The highest BCUT2D eigenvalue weighted by molar-refractivity contribution is 9.10. The molecule has 2 amide bonds. The number of aromatic amines is 1. The van der Waals surface area contributed by atoms with E-state index in [1.807, 2.05) is 0 Å². The van der Waals surface area contributed by atoms with Crippen LogP contribution in [0.4, 0.5) is 14.9 Å². The number of aromatic carboxylic acids is 1. The number of carboxylic acids is 1. The first kappa shape index (κ1) is 19.1. The zero-order valence-corrected chi connectivity index (χ0v) is 16.6. The summed E-state index contributed by atoms with van der Waals surface area (Å²) in [7, 11) is 0. The van der Waals surface area contributed by atoms with Crippen molar-refractivity contribution in [2.24, 2.45) is 0 Å². The summed E-state index contributed by atoms with van der Waals surface area (Å²) in [5.41, 5.74) is 1.87. The predicted octanol–water partition coefficient (Wildman–Crippen LogP) is 4.19. The first-order valence-electron chi connectivity index (χ1n) is 8.82. The number of fused-ring (bicyclic) bond motifs is 1. The average Bonchev–Trinajstić information content (AvgIpc) is 3.16. The van der Waals surface area contributed by atoms with Crippen LogP contribution in [0.5, 0.6) is 0 Å². The molecule has 3 N–H and O–H groups in total. The topological polar surface area (TPSA) is 98.3 Å². The molecule has 0 aliphatic carbocycles. The number of hydrogen-bond donors (Lipinski definition) is 3. The number of carboxylic acid groups (broad SMARTS) is 1. The summed E-state index contributed by atoms with van der Waals surface area (Å²) in [6.07, 6.45) is 2.05. The van der Waals surface area contributed by atoms with Crippen molar-refractivity contribution in [1.29, 1.82) is 0 Å². The number of aromatic nitrogens is 2. The van der Waals surface area contributed by atoms with E-state index in [0.29, 0.717) is 28.7 Å². The summed E-state index contributed by atoms with van der Waals surface area (Å²) < 4.78 is 15.4. The van der Waals surface area contributed by atoms with Gasteiger partial charge in [0, 0.05) is 28.7 Å². The summed E-state index contributed by atoms with van der Waals surface area (Å²) in [5.74, 6) is -1.62. The van der Waals surface area contributed by atoms with Gasteiger partial charge in [0.25, 0.3) is 0 Å². The monoisotopic (exact) mass is 458 g/mol. The molecule has 9 heteroatoms. The largest absolute Gasteiger partial charge is 0.478 e. The number of urea groups is 1. The number of H-pyrrole nitrogens is 1. The molecule has 29 heavy (non-hydrogen) atoms. The van der Waals surface area contributed by atoms with E-state index in [0.717, 1.165) is 5.69 Å². The van der Waals surface area contributed by atoms with Crippen LogP contribution in [-0.2, 0) is 6.42 Å². The minimum absolute atomic E-state index is 0.0234. The number of rotatable bonds is 3. The number of halogens is 2. The highest BCUT2D eigenvalue weighted by atomic mass is 79.9. The number of hydrogen-bond acceptors (Lipinski definition) is 3. The quantitative estimate of drug-likeness (QED) is 0.547. The summed E-state index contributed by atoms with van der Waals surface area (Å²) in [5, 5.41) is 12.0. The number of anilines is 1. The summed E-state index contributed by atoms with van der Waals surface area (Å²) in [4.78, 5) is 33.3. The molecule has 1 atom stereocenters. The molecule has 0 radical (unpaired) electrons. The summed E-state index contributed by atoms with van der Waals surface area (Å²) in [6, 6.07) is 9.52. The first-order chi connectivity index (χ1) is 14.0. The summed E-state index contributed by atoms with van der Waals surface area (Å²) in [6.45, 7) is 0.316. The van der Waals surface area contributed by atoms with E-state index in [2.05, 4.69) is 31.2 Å². The van der Waals surface area contributed by atoms with Crippen LogP contribution in [0, 0.1) is 5.82 Å². The fourth-order valence-corrected chi connectivity index (χ4v) is 3.83. The van der Waals surface area contributed by atoms with Gasteiger partial charge < -0.3 is 20.3 Å². The maximum absolute atomic E-state index is 14.8. The van der Waals surface area contributed by atoms with Gasteiger partial charge in [0.1, 0.15) is 11.9 Å². The van der Waals surface area contributed by atoms with Crippen LogP contribution in [0.3, 0.4) is 0 Å². The Morgan fingerprint density at radius 2 is 2.07 bits per heavy atom. The van der Waals surface area contributed by atoms with Gasteiger partial charge in [-0.1, -0.05) is 34.1 Å². The maximum atomic E-state index is 14.8. The Morgan fingerprint density at radius 1 is 1.28 bits per heavy atom. The standard InChI is InChI=1S/C20H16BrFN4O3/c21-11-5-6-12(14(22)9-11)18-17-16(23-10-24-17)7-8-26(18)20(29)25-15-4-2-1-3-13(15)19(27)28/h1-6,9-10,18H,7-8H2,(H,23,24)(H,25,29)(H,27,28). The highest BCUT2D eigenvalue weighted by Crippen LogP contribution is 2.36. The van der Waals surface area contributed by atoms with Crippen LogP contribution in [0.2, 0.25) is 0 Å². The lowest BCUT2D eigenvalue weighted by Crippen LogP contribution is -2.43. The van der Waals surface area contributed by atoms with Crippen molar-refractivity contribution >= 4 is 33.6 Å². The molecule has 1 aliphatic heterocycles. The van der Waals surface area contributed by atoms with Gasteiger partial charge in [0.15, 0.2) is 0 Å². The van der Waals surface area contributed by atoms with E-state index in [-0.39, 0.29) is 11.3 Å². The second kappa shape index (κ2) is 7.67. The molecule has 3 aromatic rings. The van der Waals surface area contributed by atoms with Crippen LogP contribution in [0.1, 0.15) is 33.4 Å². The molecule has 148 valence electrons. The van der Waals surface area contributed by atoms with Gasteiger partial charge in [0.2, 0.25) is 0 Å². The summed E-state index contributed by atoms with van der Waals surface area (Å²) >= 11 is 3.24. The molecule has 2 heterocycles. The molecule has 1 aliphatic rings. The normalized spacial score (nSPS) is 15.7. The number of imidazole rings is 1. The van der Waals surface area contributed by atoms with E-state index in [4.69, 9.17) is 0 Å². The Labute approximate surface area is 173 Å². The third-order valence-electron chi connectivity index (χ3n) is 4.84. The molecule has 0 spiro atoms. The maximum Gasteiger partial charge on any atom is 0.337 e. The fraction of sp³-hybridized carbons (Fsp3) is 0.150. The smallest absolute Gasteiger partial charge is 0.337 e. The Bertz CT molecular complexity index is 1100. The SMILES string of the molecule is O=C(O)c1ccccc1NC(=O)N1CCc2[nH]cnc2C1c1ccc(Br)cc1F. The third kappa shape index (κ3) is 3.61. The third-order valence-corrected chi connectivity index (χ3v) is 5.34. The van der Waals surface area contributed by atoms with Crippen molar-refractivity contribution < 1.29 is 19.1 Å². The lowest BCUT2D eigenvalue weighted by atomic mass is 9.95. The fourth-order valence-electron chi connectivity index (χ4n) is 3.50. The number of carbonyl (C=O) groups excluding carboxylic acids is 1. The second-order valence-electron chi connectivity index (χ2n) is 6.56. The highest BCUT2D eigenvalue weighted by Gasteiger charge is 2.36. The van der Waals surface area contributed by atoms with Gasteiger partial charge in [-0.2, -0.15) is 0 Å². The Hall–Kier alpha value is -3.20. The number of carbonyl (C=O) groups is 2. The van der Waals surface area contributed by atoms with Crippen LogP contribution in [0.15, 0.2) is 53.3 Å². The van der Waals surface area contributed by atoms with E-state index < -0.39 is 23.9 Å². The van der Waals surface area contributed by atoms with Crippen molar-refractivity contribution in [1.82, 2.24) is 14.9 Å². The Balaban J connectivity index is 1.72. The van der Waals surface area contributed by atoms with Gasteiger partial charge in [-0.15, -0.1) is 0 Å². The minimum atomic E-state index is -1.15. The Morgan fingerprint density at radius 3 is 2.83 bits per heavy atom. The lowest BCUT2D eigenvalue weighted by molar-refractivity contribution is 0.0698. The van der Waals surface area contributed by atoms with Crippen LogP contribution < -0.4 is 5.32 Å². The molecule has 0 saturated heterocycles. The van der Waals surface area contributed by atoms with Gasteiger partial charge >= 0.3 is 12.0 Å². The number of amides is 2. The van der Waals surface area contributed by atoms with E-state index in [1.165, 1.54) is 29.4 Å². The zero-order chi connectivity index (χ0) is 20.5. The van der Waals surface area contributed by atoms with Gasteiger partial charge in [0.05, 0.1) is 23.3 Å². The van der Waals surface area contributed by atoms with Crippen molar-refractivity contribution in [3.63, 3.8) is 0 Å². The van der Waals surface area contributed by atoms with Crippen molar-refractivity contribution in [3.8, 4) is 0 Å². The van der Waals surface area contributed by atoms with Crippen molar-refractivity contribution in [2.45, 2.75) is 12.5 Å². The molecule has 7 nitrogen and oxygen atoms in total. The van der Waals surface area contributed by atoms with E-state index >= 15 is 0 Å². The van der Waals surface area contributed by atoms with Gasteiger partial charge in [-0.3, -0.25) is 0 Å². The van der Waals surface area contributed by atoms with Crippen molar-refractivity contribution in [2.75, 3.05) is 11.9 Å². The molecule has 0 fully saturated rings. The number of para-hydroxylation sites is 1. The molecule has 1 aromatic heterocycles. The lowest BCUT2D eigenvalue weighted by Gasteiger charge is -2.35. The van der Waals surface area contributed by atoms with Crippen molar-refractivity contribution in [3.05, 3.63) is 81.6 Å². The average molecular weight is 459 g/mol. The Kier molecular flexibility index (Phi) is 5.06. The molecule has 2 aromatic carbocycles. The molecule has 0 saturated carbocycles. The molecular weight excluding hydrogens is 443 g/mol. The predicted molar refractivity (Wildman–Crippen MR) is 107 cm³/mol. The van der Waals surface area contributed by atoms with E-state index in [1.54, 1.807) is 24.3 Å². The van der Waals surface area contributed by atoms with Gasteiger partial charge in [-0.05, 0) is 24.3 Å².